The number of hydrogen-bond donors (Lipinski definition) is 1. The molecule has 19 heavy (non-hydrogen) atoms. The highest BCUT2D eigenvalue weighted by Gasteiger charge is 2.35. The zero-order valence-electron chi connectivity index (χ0n) is 10.7. The minimum Gasteiger partial charge on any atom is -0.378 e. The van der Waals surface area contributed by atoms with Gasteiger partial charge < -0.3 is 10.1 Å². The number of rotatable bonds is 4. The summed E-state index contributed by atoms with van der Waals surface area (Å²) in [4.78, 5) is 15.6. The van der Waals surface area contributed by atoms with Crippen molar-refractivity contribution in [2.75, 3.05) is 26.3 Å². The summed E-state index contributed by atoms with van der Waals surface area (Å²) in [6, 6.07) is 0.365. The van der Waals surface area contributed by atoms with Crippen LogP contribution >= 0.6 is 0 Å². The van der Waals surface area contributed by atoms with Crippen LogP contribution in [-0.2, 0) is 16.1 Å². The number of carbonyl (C=O) groups is 1. The molecule has 8 nitrogen and oxygen atoms in total. The van der Waals surface area contributed by atoms with E-state index >= 15 is 0 Å². The third kappa shape index (κ3) is 2.90. The lowest BCUT2D eigenvalue weighted by Crippen LogP contribution is -2.51. The Morgan fingerprint density at radius 3 is 2.95 bits per heavy atom. The number of nitrogens with zero attached hydrogens (tertiary/aromatic N) is 5. The molecule has 0 spiro atoms. The number of likely N-dealkylation sites (tertiary alicyclic amines) is 1. The monoisotopic (exact) mass is 266 g/mol. The van der Waals surface area contributed by atoms with Gasteiger partial charge in [0.2, 0.25) is 5.91 Å². The van der Waals surface area contributed by atoms with E-state index in [1.165, 1.54) is 24.0 Å². The molecule has 104 valence electrons. The maximum atomic E-state index is 11.9. The Hall–Kier alpha value is -1.54. The van der Waals surface area contributed by atoms with Gasteiger partial charge in [0.05, 0.1) is 25.3 Å². The van der Waals surface area contributed by atoms with Gasteiger partial charge in [0, 0.05) is 0 Å². The van der Waals surface area contributed by atoms with E-state index < -0.39 is 0 Å². The largest absolute Gasteiger partial charge is 0.378 e. The van der Waals surface area contributed by atoms with Crippen LogP contribution in [0.1, 0.15) is 12.8 Å². The lowest BCUT2D eigenvalue weighted by Gasteiger charge is -2.27. The molecule has 0 aliphatic carbocycles. The molecule has 3 heterocycles. The third-order valence-corrected chi connectivity index (χ3v) is 3.68. The van der Waals surface area contributed by atoms with Crippen LogP contribution in [0.4, 0.5) is 0 Å². The fourth-order valence-electron chi connectivity index (χ4n) is 2.76. The second kappa shape index (κ2) is 5.62. The molecule has 2 fully saturated rings. The molecule has 8 heteroatoms. The Balaban J connectivity index is 1.54. The number of amides is 1. The lowest BCUT2D eigenvalue weighted by molar-refractivity contribution is -0.123. The van der Waals surface area contributed by atoms with Gasteiger partial charge in [-0.3, -0.25) is 9.69 Å². The standard InChI is InChI=1S/C11H18N6O2/c18-11(5-17-13-8-12-15-17)14-9-6-19-7-10(9)16-3-1-2-4-16/h8-10H,1-7H2,(H,14,18)/t9-,10-/m0/s1. The average Bonchev–Trinajstić information content (AvgIpc) is 3.09. The minimum atomic E-state index is -0.0994. The van der Waals surface area contributed by atoms with E-state index in [2.05, 4.69) is 25.6 Å². The van der Waals surface area contributed by atoms with Crippen molar-refractivity contribution in [1.82, 2.24) is 30.4 Å². The summed E-state index contributed by atoms with van der Waals surface area (Å²) in [7, 11) is 0. The first-order chi connectivity index (χ1) is 9.33. The molecule has 2 aliphatic rings. The van der Waals surface area contributed by atoms with Gasteiger partial charge in [0.25, 0.3) is 0 Å². The molecule has 2 aliphatic heterocycles. The predicted octanol–water partition coefficient (Wildman–Crippen LogP) is -1.35. The molecule has 0 unspecified atom stereocenters. The van der Waals surface area contributed by atoms with Crippen LogP contribution in [0.3, 0.4) is 0 Å². The molecule has 1 N–H and O–H groups in total. The predicted molar refractivity (Wildman–Crippen MR) is 65.2 cm³/mol. The van der Waals surface area contributed by atoms with Crippen LogP contribution in [0.2, 0.25) is 0 Å². The highest BCUT2D eigenvalue weighted by molar-refractivity contribution is 5.75. The molecule has 3 rings (SSSR count). The summed E-state index contributed by atoms with van der Waals surface area (Å²) >= 11 is 0. The maximum absolute atomic E-state index is 11.9. The Kier molecular flexibility index (Phi) is 3.69. The van der Waals surface area contributed by atoms with E-state index in [1.807, 2.05) is 0 Å². The van der Waals surface area contributed by atoms with Gasteiger partial charge in [-0.1, -0.05) is 0 Å². The van der Waals surface area contributed by atoms with Gasteiger partial charge in [0.15, 0.2) is 6.33 Å². The van der Waals surface area contributed by atoms with Crippen LogP contribution in [-0.4, -0.2) is 69.4 Å². The lowest BCUT2D eigenvalue weighted by atomic mass is 10.1. The van der Waals surface area contributed by atoms with Crippen molar-refractivity contribution in [1.29, 1.82) is 0 Å². The van der Waals surface area contributed by atoms with Crippen LogP contribution < -0.4 is 5.32 Å². The average molecular weight is 266 g/mol. The molecule has 1 amide bonds. The SMILES string of the molecule is O=C(Cn1ncnn1)N[C@H]1COC[C@@H]1N1CCCC1. The Morgan fingerprint density at radius 2 is 2.21 bits per heavy atom. The topological polar surface area (TPSA) is 85.2 Å². The van der Waals surface area contributed by atoms with Gasteiger partial charge in [0.1, 0.15) is 6.54 Å². The second-order valence-corrected chi connectivity index (χ2v) is 4.99. The third-order valence-electron chi connectivity index (χ3n) is 3.68. The first-order valence-corrected chi connectivity index (χ1v) is 6.65. The quantitative estimate of drug-likeness (QED) is 0.725. The molecule has 1 aromatic heterocycles. The minimum absolute atomic E-state index is 0.0640. The number of carbonyl (C=O) groups excluding carboxylic acids is 1. The molecular weight excluding hydrogens is 248 g/mol. The molecule has 0 aromatic carbocycles. The molecular formula is C11H18N6O2. The Morgan fingerprint density at radius 1 is 1.37 bits per heavy atom. The first-order valence-electron chi connectivity index (χ1n) is 6.65. The van der Waals surface area contributed by atoms with Crippen molar-refractivity contribution < 1.29 is 9.53 Å². The summed E-state index contributed by atoms with van der Waals surface area (Å²) in [5, 5.41) is 14.1. The fourth-order valence-corrected chi connectivity index (χ4v) is 2.76. The Labute approximate surface area is 111 Å². The van der Waals surface area contributed by atoms with Gasteiger partial charge in [-0.25, -0.2) is 0 Å². The van der Waals surface area contributed by atoms with Crippen molar-refractivity contribution in [2.45, 2.75) is 31.5 Å². The number of aromatic nitrogens is 4. The molecule has 2 atom stereocenters. The molecule has 0 radical (unpaired) electrons. The Bertz CT molecular complexity index is 417. The zero-order chi connectivity index (χ0) is 13.1. The van der Waals surface area contributed by atoms with E-state index in [9.17, 15) is 4.79 Å². The van der Waals surface area contributed by atoms with E-state index in [1.54, 1.807) is 0 Å². The second-order valence-electron chi connectivity index (χ2n) is 4.99. The van der Waals surface area contributed by atoms with E-state index in [0.29, 0.717) is 19.3 Å². The normalized spacial score (nSPS) is 27.8. The smallest absolute Gasteiger partial charge is 0.244 e. The number of nitrogens with one attached hydrogen (secondary N) is 1. The van der Waals surface area contributed by atoms with Crippen LogP contribution in [0, 0.1) is 0 Å². The van der Waals surface area contributed by atoms with Gasteiger partial charge in [-0.05, 0) is 31.1 Å². The summed E-state index contributed by atoms with van der Waals surface area (Å²) < 4.78 is 5.51. The van der Waals surface area contributed by atoms with Gasteiger partial charge in [-0.15, -0.1) is 10.2 Å². The molecule has 1 aromatic rings. The first kappa shape index (κ1) is 12.5. The number of hydrogen-bond acceptors (Lipinski definition) is 6. The molecule has 0 saturated carbocycles. The highest BCUT2D eigenvalue weighted by atomic mass is 16.5. The molecule has 2 saturated heterocycles. The highest BCUT2D eigenvalue weighted by Crippen LogP contribution is 2.18. The van der Waals surface area contributed by atoms with E-state index in [-0.39, 0.29) is 18.5 Å². The fraction of sp³-hybridized carbons (Fsp3) is 0.818. The van der Waals surface area contributed by atoms with E-state index in [4.69, 9.17) is 4.74 Å². The maximum Gasteiger partial charge on any atom is 0.244 e. The number of ether oxygens (including phenoxy) is 1. The van der Waals surface area contributed by atoms with Crippen molar-refractivity contribution in [3.8, 4) is 0 Å². The number of tetrazole rings is 1. The summed E-state index contributed by atoms with van der Waals surface area (Å²) in [5.41, 5.74) is 0. The van der Waals surface area contributed by atoms with Crippen LogP contribution in [0.25, 0.3) is 0 Å². The zero-order valence-corrected chi connectivity index (χ0v) is 10.7. The van der Waals surface area contributed by atoms with Crippen molar-refractivity contribution >= 4 is 5.91 Å². The van der Waals surface area contributed by atoms with Crippen molar-refractivity contribution in [3.63, 3.8) is 0 Å². The van der Waals surface area contributed by atoms with E-state index in [0.717, 1.165) is 13.1 Å². The van der Waals surface area contributed by atoms with Gasteiger partial charge in [-0.2, -0.15) is 4.80 Å². The summed E-state index contributed by atoms with van der Waals surface area (Å²) in [6.07, 6.45) is 3.79. The summed E-state index contributed by atoms with van der Waals surface area (Å²) in [5.74, 6) is -0.0994. The van der Waals surface area contributed by atoms with Crippen molar-refractivity contribution in [2.24, 2.45) is 0 Å². The van der Waals surface area contributed by atoms with Crippen molar-refractivity contribution in [3.05, 3.63) is 6.33 Å². The van der Waals surface area contributed by atoms with Crippen LogP contribution in [0.5, 0.6) is 0 Å². The van der Waals surface area contributed by atoms with Crippen LogP contribution in [0.15, 0.2) is 6.33 Å². The van der Waals surface area contributed by atoms with Gasteiger partial charge >= 0.3 is 0 Å². The molecule has 0 bridgehead atoms. The summed E-state index contributed by atoms with van der Waals surface area (Å²) in [6.45, 7) is 3.59.